The van der Waals surface area contributed by atoms with Gasteiger partial charge in [0.05, 0.1) is 11.9 Å². The molecule has 8 heavy (non-hydrogen) atoms. The van der Waals surface area contributed by atoms with Crippen molar-refractivity contribution in [2.24, 2.45) is 0 Å². The second-order valence-electron chi connectivity index (χ2n) is 1.30. The first-order valence-corrected chi connectivity index (χ1v) is 2.57. The third-order valence-electron chi connectivity index (χ3n) is 0.655. The van der Waals surface area contributed by atoms with Crippen LogP contribution in [-0.2, 0) is 0 Å². The molecule has 0 saturated carbocycles. The zero-order chi connectivity index (χ0) is 6.57. The molecular formula is C4H6ClNO2. The van der Waals surface area contributed by atoms with Gasteiger partial charge in [0.2, 0.25) is 0 Å². The fraction of sp³-hybridized carbons (Fsp3) is 0.750. The Morgan fingerprint density at radius 2 is 2.12 bits per heavy atom. The molecule has 0 aromatic heterocycles. The average molecular weight is 136 g/mol. The molecule has 0 rings (SSSR count). The fourth-order valence-electron chi connectivity index (χ4n) is 0.170. The lowest BCUT2D eigenvalue weighted by Gasteiger charge is -2.04. The van der Waals surface area contributed by atoms with Crippen LogP contribution in [0.25, 0.3) is 0 Å². The molecule has 2 N–H and O–H groups in total. The van der Waals surface area contributed by atoms with Gasteiger partial charge in [0.1, 0.15) is 6.10 Å². The Morgan fingerprint density at radius 3 is 2.25 bits per heavy atom. The van der Waals surface area contributed by atoms with Crippen LogP contribution in [0.4, 0.5) is 0 Å². The van der Waals surface area contributed by atoms with Crippen LogP contribution >= 0.6 is 11.6 Å². The molecule has 0 aliphatic carbocycles. The van der Waals surface area contributed by atoms with E-state index >= 15 is 0 Å². The highest BCUT2D eigenvalue weighted by molar-refractivity contribution is 6.18. The van der Waals surface area contributed by atoms with Crippen molar-refractivity contribution in [2.45, 2.75) is 12.2 Å². The van der Waals surface area contributed by atoms with Crippen molar-refractivity contribution < 1.29 is 10.2 Å². The van der Waals surface area contributed by atoms with Gasteiger partial charge >= 0.3 is 0 Å². The molecule has 0 aromatic carbocycles. The highest BCUT2D eigenvalue weighted by Crippen LogP contribution is 1.92. The average Bonchev–Trinajstić information content (AvgIpc) is 1.84. The number of aliphatic hydroxyl groups excluding tert-OH is 2. The molecule has 0 heterocycles. The zero-order valence-electron chi connectivity index (χ0n) is 4.08. The molecule has 0 radical (unpaired) electrons. The number of nitrogens with zero attached hydrogens (tertiary/aromatic N) is 1. The van der Waals surface area contributed by atoms with E-state index in [4.69, 9.17) is 27.1 Å². The second-order valence-corrected chi connectivity index (χ2v) is 1.60. The molecule has 0 aromatic rings. The molecule has 0 amide bonds. The minimum Gasteiger partial charge on any atom is -0.388 e. The van der Waals surface area contributed by atoms with Gasteiger partial charge in [-0.05, 0) is 0 Å². The summed E-state index contributed by atoms with van der Waals surface area (Å²) in [6, 6.07) is 1.44. The van der Waals surface area contributed by atoms with Crippen molar-refractivity contribution >= 4 is 11.6 Å². The van der Waals surface area contributed by atoms with Crippen molar-refractivity contribution in [3.05, 3.63) is 0 Å². The normalized spacial score (nSPS) is 16.8. The molecule has 0 aliphatic rings. The quantitative estimate of drug-likeness (QED) is 0.395. The SMILES string of the molecule is N#C[C@H](O)[C@H](O)CCl. The summed E-state index contributed by atoms with van der Waals surface area (Å²) in [6.07, 6.45) is -2.48. The highest BCUT2D eigenvalue weighted by atomic mass is 35.5. The minimum atomic E-state index is -1.35. The van der Waals surface area contributed by atoms with Crippen molar-refractivity contribution in [3.63, 3.8) is 0 Å². The fourth-order valence-corrected chi connectivity index (χ4v) is 0.339. The van der Waals surface area contributed by atoms with E-state index < -0.39 is 12.2 Å². The van der Waals surface area contributed by atoms with Gasteiger partial charge in [-0.3, -0.25) is 0 Å². The molecule has 0 fully saturated rings. The molecule has 0 saturated heterocycles. The molecule has 2 atom stereocenters. The van der Waals surface area contributed by atoms with Gasteiger partial charge in [0.15, 0.2) is 6.10 Å². The standard InChI is InChI=1S/C4H6ClNO2/c5-1-3(7)4(8)2-6/h3-4,7-8H,1H2/t3-,4+/m1/s1. The predicted molar refractivity (Wildman–Crippen MR) is 28.3 cm³/mol. The van der Waals surface area contributed by atoms with E-state index in [2.05, 4.69) is 0 Å². The van der Waals surface area contributed by atoms with Crippen LogP contribution in [-0.4, -0.2) is 28.3 Å². The Labute approximate surface area is 52.1 Å². The van der Waals surface area contributed by atoms with E-state index in [1.165, 1.54) is 6.07 Å². The molecular weight excluding hydrogens is 130 g/mol. The van der Waals surface area contributed by atoms with Crippen LogP contribution in [0.1, 0.15) is 0 Å². The largest absolute Gasteiger partial charge is 0.388 e. The van der Waals surface area contributed by atoms with E-state index in [9.17, 15) is 0 Å². The van der Waals surface area contributed by atoms with Crippen molar-refractivity contribution in [1.29, 1.82) is 5.26 Å². The van der Waals surface area contributed by atoms with Gasteiger partial charge in [0, 0.05) is 0 Å². The van der Waals surface area contributed by atoms with E-state index in [1.54, 1.807) is 0 Å². The van der Waals surface area contributed by atoms with Gasteiger partial charge in [-0.1, -0.05) is 0 Å². The summed E-state index contributed by atoms with van der Waals surface area (Å²) >= 11 is 5.06. The van der Waals surface area contributed by atoms with Crippen LogP contribution in [0.3, 0.4) is 0 Å². The first kappa shape index (κ1) is 7.70. The van der Waals surface area contributed by atoms with Gasteiger partial charge in [-0.25, -0.2) is 0 Å². The number of halogens is 1. The topological polar surface area (TPSA) is 64.2 Å². The first-order chi connectivity index (χ1) is 3.72. The highest BCUT2D eigenvalue weighted by Gasteiger charge is 2.12. The van der Waals surface area contributed by atoms with Crippen LogP contribution in [0.2, 0.25) is 0 Å². The summed E-state index contributed by atoms with van der Waals surface area (Å²) in [4.78, 5) is 0. The van der Waals surface area contributed by atoms with E-state index in [-0.39, 0.29) is 5.88 Å². The third kappa shape index (κ3) is 2.12. The summed E-state index contributed by atoms with van der Waals surface area (Å²) in [5.74, 6) is -0.116. The molecule has 4 heteroatoms. The molecule has 0 bridgehead atoms. The number of nitriles is 1. The van der Waals surface area contributed by atoms with Crippen LogP contribution in [0.15, 0.2) is 0 Å². The monoisotopic (exact) mass is 135 g/mol. The maximum Gasteiger partial charge on any atom is 0.167 e. The minimum absolute atomic E-state index is 0.116. The maximum absolute atomic E-state index is 8.52. The summed E-state index contributed by atoms with van der Waals surface area (Å²) in [7, 11) is 0. The van der Waals surface area contributed by atoms with Crippen LogP contribution < -0.4 is 0 Å². The Hall–Kier alpha value is -0.300. The van der Waals surface area contributed by atoms with Crippen LogP contribution in [0, 0.1) is 11.3 Å². The van der Waals surface area contributed by atoms with E-state index in [1.807, 2.05) is 0 Å². The van der Waals surface area contributed by atoms with Crippen LogP contribution in [0.5, 0.6) is 0 Å². The lowest BCUT2D eigenvalue weighted by Crippen LogP contribution is -2.25. The molecule has 0 aliphatic heterocycles. The lowest BCUT2D eigenvalue weighted by atomic mass is 10.2. The zero-order valence-corrected chi connectivity index (χ0v) is 4.84. The van der Waals surface area contributed by atoms with Gasteiger partial charge < -0.3 is 10.2 Å². The Balaban J connectivity index is 3.49. The molecule has 3 nitrogen and oxygen atoms in total. The predicted octanol–water partition coefficient (Wildman–Crippen LogP) is -0.529. The molecule has 0 unspecified atom stereocenters. The number of hydrogen-bond donors (Lipinski definition) is 2. The lowest BCUT2D eigenvalue weighted by molar-refractivity contribution is 0.0688. The summed E-state index contributed by atoms with van der Waals surface area (Å²) in [6.45, 7) is 0. The Bertz CT molecular complexity index is 101. The summed E-state index contributed by atoms with van der Waals surface area (Å²) < 4.78 is 0. The smallest absolute Gasteiger partial charge is 0.167 e. The van der Waals surface area contributed by atoms with Gasteiger partial charge in [0.25, 0.3) is 0 Å². The Morgan fingerprint density at radius 1 is 1.62 bits per heavy atom. The van der Waals surface area contributed by atoms with Crippen molar-refractivity contribution in [2.75, 3.05) is 5.88 Å². The Kier molecular flexibility index (Phi) is 3.53. The second kappa shape index (κ2) is 3.67. The molecule has 0 spiro atoms. The number of rotatable bonds is 2. The summed E-state index contributed by atoms with van der Waals surface area (Å²) in [5, 5.41) is 24.9. The van der Waals surface area contributed by atoms with Crippen molar-refractivity contribution in [3.8, 4) is 6.07 Å². The maximum atomic E-state index is 8.52. The van der Waals surface area contributed by atoms with E-state index in [0.29, 0.717) is 0 Å². The first-order valence-electron chi connectivity index (χ1n) is 2.04. The third-order valence-corrected chi connectivity index (χ3v) is 0.971. The number of alkyl halides is 1. The van der Waals surface area contributed by atoms with E-state index in [0.717, 1.165) is 0 Å². The van der Waals surface area contributed by atoms with Gasteiger partial charge in [-0.2, -0.15) is 5.26 Å². The number of hydrogen-bond acceptors (Lipinski definition) is 3. The van der Waals surface area contributed by atoms with Crippen molar-refractivity contribution in [1.82, 2.24) is 0 Å². The molecule has 46 valence electrons. The number of aliphatic hydroxyl groups is 2. The summed E-state index contributed by atoms with van der Waals surface area (Å²) in [5.41, 5.74) is 0. The van der Waals surface area contributed by atoms with Gasteiger partial charge in [-0.15, -0.1) is 11.6 Å².